The zero-order valence-corrected chi connectivity index (χ0v) is 14.1. The van der Waals surface area contributed by atoms with Crippen LogP contribution in [-0.4, -0.2) is 47.0 Å². The van der Waals surface area contributed by atoms with Gasteiger partial charge in [-0.2, -0.15) is 0 Å². The summed E-state index contributed by atoms with van der Waals surface area (Å²) in [6.45, 7) is 2.23. The van der Waals surface area contributed by atoms with Crippen LogP contribution < -0.4 is 5.56 Å². The van der Waals surface area contributed by atoms with Crippen LogP contribution in [0.5, 0.6) is 0 Å². The predicted molar refractivity (Wildman–Crippen MR) is 89.6 cm³/mol. The van der Waals surface area contributed by atoms with Gasteiger partial charge < -0.3 is 9.64 Å². The number of carbonyl (C=O) groups excluding carboxylic acids is 2. The molecular formula is C17H21N3O4. The number of rotatable bonds is 6. The molecule has 7 nitrogen and oxygen atoms in total. The highest BCUT2D eigenvalue weighted by Crippen LogP contribution is 2.11. The Kier molecular flexibility index (Phi) is 5.68. The Labute approximate surface area is 139 Å². The quantitative estimate of drug-likeness (QED) is 0.741. The number of hydrogen-bond donors (Lipinski definition) is 0. The van der Waals surface area contributed by atoms with Gasteiger partial charge in [-0.3, -0.25) is 19.0 Å². The Morgan fingerprint density at radius 2 is 2.08 bits per heavy atom. The van der Waals surface area contributed by atoms with Gasteiger partial charge in [0.1, 0.15) is 6.54 Å². The number of nitrogens with zero attached hydrogens (tertiary/aromatic N) is 3. The van der Waals surface area contributed by atoms with E-state index in [0.717, 1.165) is 5.56 Å². The standard InChI is InChI=1S/C17H21N3O4/c1-12-6-4-7-13-16(12)18-11-20(17(13)23)10-14(21)19(2)9-5-8-15(22)24-3/h4,6-7,11H,5,8-10H2,1-3H3. The number of esters is 1. The molecule has 0 atom stereocenters. The summed E-state index contributed by atoms with van der Waals surface area (Å²) in [5.41, 5.74) is 1.33. The summed E-state index contributed by atoms with van der Waals surface area (Å²) in [5.74, 6) is -0.517. The highest BCUT2D eigenvalue weighted by atomic mass is 16.5. The van der Waals surface area contributed by atoms with Crippen LogP contribution in [0, 0.1) is 6.92 Å². The van der Waals surface area contributed by atoms with Crippen molar-refractivity contribution in [2.24, 2.45) is 0 Å². The van der Waals surface area contributed by atoms with E-state index in [2.05, 4.69) is 9.72 Å². The van der Waals surface area contributed by atoms with Gasteiger partial charge in [0, 0.05) is 20.0 Å². The minimum Gasteiger partial charge on any atom is -0.469 e. The first kappa shape index (κ1) is 17.7. The largest absolute Gasteiger partial charge is 0.469 e. The van der Waals surface area contributed by atoms with Crippen molar-refractivity contribution in [2.45, 2.75) is 26.3 Å². The fraction of sp³-hybridized carbons (Fsp3) is 0.412. The van der Waals surface area contributed by atoms with E-state index in [9.17, 15) is 14.4 Å². The number of para-hydroxylation sites is 1. The van der Waals surface area contributed by atoms with Crippen molar-refractivity contribution < 1.29 is 14.3 Å². The van der Waals surface area contributed by atoms with Crippen molar-refractivity contribution >= 4 is 22.8 Å². The summed E-state index contributed by atoms with van der Waals surface area (Å²) >= 11 is 0. The maximum absolute atomic E-state index is 12.5. The molecule has 0 spiro atoms. The first-order valence-corrected chi connectivity index (χ1v) is 7.69. The van der Waals surface area contributed by atoms with Gasteiger partial charge in [-0.15, -0.1) is 0 Å². The molecule has 24 heavy (non-hydrogen) atoms. The molecular weight excluding hydrogens is 310 g/mol. The van der Waals surface area contributed by atoms with Gasteiger partial charge in [0.15, 0.2) is 0 Å². The summed E-state index contributed by atoms with van der Waals surface area (Å²) in [4.78, 5) is 41.6. The predicted octanol–water partition coefficient (Wildman–Crippen LogP) is 1.12. The molecule has 0 radical (unpaired) electrons. The van der Waals surface area contributed by atoms with E-state index in [-0.39, 0.29) is 30.4 Å². The van der Waals surface area contributed by atoms with Crippen LogP contribution in [0.3, 0.4) is 0 Å². The highest BCUT2D eigenvalue weighted by molar-refractivity contribution is 5.81. The van der Waals surface area contributed by atoms with Crippen molar-refractivity contribution in [3.05, 3.63) is 40.4 Å². The van der Waals surface area contributed by atoms with Crippen LogP contribution >= 0.6 is 0 Å². The van der Waals surface area contributed by atoms with Crippen LogP contribution in [0.4, 0.5) is 0 Å². The minimum absolute atomic E-state index is 0.0789. The maximum Gasteiger partial charge on any atom is 0.305 e. The van der Waals surface area contributed by atoms with Crippen molar-refractivity contribution in [3.63, 3.8) is 0 Å². The lowest BCUT2D eigenvalue weighted by molar-refractivity contribution is -0.141. The fourth-order valence-corrected chi connectivity index (χ4v) is 2.40. The van der Waals surface area contributed by atoms with Crippen molar-refractivity contribution in [3.8, 4) is 0 Å². The SMILES string of the molecule is COC(=O)CCCN(C)C(=O)Cn1cnc2c(C)cccc2c1=O. The third-order valence-electron chi connectivity index (χ3n) is 3.89. The van der Waals surface area contributed by atoms with E-state index >= 15 is 0 Å². The molecule has 0 fully saturated rings. The molecule has 0 unspecified atom stereocenters. The molecule has 0 aliphatic heterocycles. The Morgan fingerprint density at radius 3 is 2.79 bits per heavy atom. The van der Waals surface area contributed by atoms with Gasteiger partial charge in [-0.05, 0) is 25.0 Å². The summed E-state index contributed by atoms with van der Waals surface area (Å²) in [6.07, 6.45) is 2.17. The molecule has 2 aromatic rings. The molecule has 0 bridgehead atoms. The third kappa shape index (κ3) is 3.98. The number of fused-ring (bicyclic) bond motifs is 1. The Morgan fingerprint density at radius 1 is 1.33 bits per heavy atom. The van der Waals surface area contributed by atoms with E-state index in [1.54, 1.807) is 19.2 Å². The number of hydrogen-bond acceptors (Lipinski definition) is 5. The van der Waals surface area contributed by atoms with E-state index in [1.807, 2.05) is 13.0 Å². The molecule has 0 aliphatic carbocycles. The van der Waals surface area contributed by atoms with Gasteiger partial charge in [-0.25, -0.2) is 4.98 Å². The molecule has 2 rings (SSSR count). The van der Waals surface area contributed by atoms with E-state index in [0.29, 0.717) is 23.9 Å². The van der Waals surface area contributed by atoms with Crippen molar-refractivity contribution in [1.29, 1.82) is 0 Å². The second-order valence-corrected chi connectivity index (χ2v) is 5.64. The van der Waals surface area contributed by atoms with Gasteiger partial charge in [0.25, 0.3) is 5.56 Å². The van der Waals surface area contributed by atoms with E-state index in [4.69, 9.17) is 0 Å². The zero-order valence-electron chi connectivity index (χ0n) is 14.1. The summed E-state index contributed by atoms with van der Waals surface area (Å²) < 4.78 is 5.86. The molecule has 1 aromatic carbocycles. The maximum atomic E-state index is 12.5. The Balaban J connectivity index is 2.06. The number of benzene rings is 1. The van der Waals surface area contributed by atoms with Crippen molar-refractivity contribution in [2.75, 3.05) is 20.7 Å². The van der Waals surface area contributed by atoms with Crippen LogP contribution in [0.1, 0.15) is 18.4 Å². The normalized spacial score (nSPS) is 10.6. The second kappa shape index (κ2) is 7.72. The average molecular weight is 331 g/mol. The molecule has 0 aliphatic rings. The number of aryl methyl sites for hydroxylation is 1. The van der Waals surface area contributed by atoms with Gasteiger partial charge in [0.05, 0.1) is 24.3 Å². The molecule has 0 saturated heterocycles. The lowest BCUT2D eigenvalue weighted by atomic mass is 10.1. The Bertz CT molecular complexity index is 813. The lowest BCUT2D eigenvalue weighted by Gasteiger charge is -2.17. The monoisotopic (exact) mass is 331 g/mol. The topological polar surface area (TPSA) is 81.5 Å². The first-order valence-electron chi connectivity index (χ1n) is 7.69. The first-order chi connectivity index (χ1) is 11.4. The number of ether oxygens (including phenoxy) is 1. The van der Waals surface area contributed by atoms with Crippen LogP contribution in [0.15, 0.2) is 29.3 Å². The number of aromatic nitrogens is 2. The molecule has 128 valence electrons. The fourth-order valence-electron chi connectivity index (χ4n) is 2.40. The highest BCUT2D eigenvalue weighted by Gasteiger charge is 2.13. The molecule has 1 heterocycles. The molecule has 0 N–H and O–H groups in total. The van der Waals surface area contributed by atoms with E-state index in [1.165, 1.54) is 22.9 Å². The van der Waals surface area contributed by atoms with Crippen LogP contribution in [0.2, 0.25) is 0 Å². The number of likely N-dealkylation sites (N-methyl/N-ethyl adjacent to an activating group) is 1. The number of amides is 1. The van der Waals surface area contributed by atoms with Crippen molar-refractivity contribution in [1.82, 2.24) is 14.5 Å². The van der Waals surface area contributed by atoms with Crippen LogP contribution in [-0.2, 0) is 20.9 Å². The zero-order chi connectivity index (χ0) is 17.7. The molecule has 0 saturated carbocycles. The minimum atomic E-state index is -0.304. The van der Waals surface area contributed by atoms with Gasteiger partial charge in [-0.1, -0.05) is 12.1 Å². The molecule has 1 aromatic heterocycles. The van der Waals surface area contributed by atoms with Gasteiger partial charge >= 0.3 is 5.97 Å². The Hall–Kier alpha value is -2.70. The van der Waals surface area contributed by atoms with Gasteiger partial charge in [0.2, 0.25) is 5.91 Å². The number of carbonyl (C=O) groups is 2. The smallest absolute Gasteiger partial charge is 0.305 e. The van der Waals surface area contributed by atoms with E-state index < -0.39 is 0 Å². The summed E-state index contributed by atoms with van der Waals surface area (Å²) in [7, 11) is 2.97. The second-order valence-electron chi connectivity index (χ2n) is 5.64. The average Bonchev–Trinajstić information content (AvgIpc) is 2.57. The number of methoxy groups -OCH3 is 1. The van der Waals surface area contributed by atoms with Crippen LogP contribution in [0.25, 0.3) is 10.9 Å². The molecule has 7 heteroatoms. The third-order valence-corrected chi connectivity index (χ3v) is 3.89. The molecule has 1 amide bonds. The summed E-state index contributed by atoms with van der Waals surface area (Å²) in [5, 5.41) is 0.499. The lowest BCUT2D eigenvalue weighted by Crippen LogP contribution is -2.34. The summed E-state index contributed by atoms with van der Waals surface area (Å²) in [6, 6.07) is 5.39.